The number of benzene rings is 2. The second-order valence-corrected chi connectivity index (χ2v) is 9.30. The highest BCUT2D eigenvalue weighted by atomic mass is 35.5. The first-order valence-corrected chi connectivity index (χ1v) is 11.0. The molecule has 0 atom stereocenters. The Balaban J connectivity index is 1.97. The highest BCUT2D eigenvalue weighted by Gasteiger charge is 2.31. The summed E-state index contributed by atoms with van der Waals surface area (Å²) < 4.78 is 65.3. The summed E-state index contributed by atoms with van der Waals surface area (Å²) in [5, 5.41) is 2.38. The van der Waals surface area contributed by atoms with Gasteiger partial charge in [-0.25, -0.2) is 13.1 Å². The molecule has 10 heteroatoms. The quantitative estimate of drug-likeness (QED) is 0.588. The summed E-state index contributed by atoms with van der Waals surface area (Å²) in [5.74, 6) is -0.339. The zero-order valence-corrected chi connectivity index (χ0v) is 18.0. The van der Waals surface area contributed by atoms with Gasteiger partial charge in [0.1, 0.15) is 0 Å². The van der Waals surface area contributed by atoms with Crippen molar-refractivity contribution in [2.45, 2.75) is 37.8 Å². The first-order valence-electron chi connectivity index (χ1n) is 9.13. The van der Waals surface area contributed by atoms with Crippen LogP contribution >= 0.6 is 11.6 Å². The zero-order valence-electron chi connectivity index (χ0n) is 16.4. The molecule has 0 heterocycles. The largest absolute Gasteiger partial charge is 0.416 e. The number of hydrogen-bond acceptors (Lipinski definition) is 3. The van der Waals surface area contributed by atoms with Gasteiger partial charge in [0.25, 0.3) is 0 Å². The van der Waals surface area contributed by atoms with E-state index in [0.29, 0.717) is 12.1 Å². The lowest BCUT2D eigenvalue weighted by molar-refractivity contribution is -0.137. The highest BCUT2D eigenvalue weighted by molar-refractivity contribution is 7.89. The topological polar surface area (TPSA) is 75.3 Å². The van der Waals surface area contributed by atoms with E-state index in [1.807, 2.05) is 13.8 Å². The average molecular weight is 463 g/mol. The normalized spacial score (nSPS) is 12.2. The van der Waals surface area contributed by atoms with Gasteiger partial charge in [-0.05, 0) is 48.2 Å². The van der Waals surface area contributed by atoms with Crippen molar-refractivity contribution in [3.05, 3.63) is 58.6 Å². The van der Waals surface area contributed by atoms with E-state index in [-0.39, 0.29) is 34.4 Å². The Morgan fingerprint density at radius 2 is 1.73 bits per heavy atom. The molecule has 0 radical (unpaired) electrons. The van der Waals surface area contributed by atoms with Crippen molar-refractivity contribution in [2.75, 3.05) is 11.9 Å². The van der Waals surface area contributed by atoms with Gasteiger partial charge in [-0.2, -0.15) is 13.2 Å². The predicted molar refractivity (Wildman–Crippen MR) is 110 cm³/mol. The molecule has 5 nitrogen and oxygen atoms in total. The third-order valence-corrected chi connectivity index (χ3v) is 5.89. The van der Waals surface area contributed by atoms with Crippen LogP contribution in [0.2, 0.25) is 5.02 Å². The van der Waals surface area contributed by atoms with Crippen LogP contribution in [-0.4, -0.2) is 20.9 Å². The molecule has 2 aromatic rings. The number of alkyl halides is 3. The van der Waals surface area contributed by atoms with Crippen LogP contribution in [0.3, 0.4) is 0 Å². The smallest absolute Gasteiger partial charge is 0.325 e. The summed E-state index contributed by atoms with van der Waals surface area (Å²) >= 11 is 5.87. The fourth-order valence-electron chi connectivity index (χ4n) is 2.46. The molecule has 0 unspecified atom stereocenters. The van der Waals surface area contributed by atoms with E-state index in [9.17, 15) is 26.4 Å². The maximum absolute atomic E-state index is 12.8. The van der Waals surface area contributed by atoms with E-state index in [2.05, 4.69) is 10.0 Å². The van der Waals surface area contributed by atoms with Crippen molar-refractivity contribution in [2.24, 2.45) is 5.92 Å². The fraction of sp³-hybridized carbons (Fsp3) is 0.350. The van der Waals surface area contributed by atoms with Gasteiger partial charge in [-0.3, -0.25) is 4.79 Å². The van der Waals surface area contributed by atoms with Gasteiger partial charge in [0.05, 0.1) is 21.2 Å². The van der Waals surface area contributed by atoms with E-state index in [1.165, 1.54) is 12.1 Å². The molecule has 164 valence electrons. The molecule has 30 heavy (non-hydrogen) atoms. The number of aryl methyl sites for hydroxylation is 1. The summed E-state index contributed by atoms with van der Waals surface area (Å²) in [6, 6.07) is 8.77. The zero-order chi connectivity index (χ0) is 22.5. The molecule has 0 aliphatic carbocycles. The van der Waals surface area contributed by atoms with E-state index < -0.39 is 27.7 Å². The molecular formula is C20H22ClF3N2O3S. The number of anilines is 1. The third kappa shape index (κ3) is 7.00. The van der Waals surface area contributed by atoms with Gasteiger partial charge >= 0.3 is 6.18 Å². The molecule has 0 saturated carbocycles. The molecule has 1 amide bonds. The summed E-state index contributed by atoms with van der Waals surface area (Å²) in [4.78, 5) is 12.2. The van der Waals surface area contributed by atoms with Crippen LogP contribution in [0.4, 0.5) is 18.9 Å². The SMILES string of the molecule is CC(C)CNS(=O)(=O)c1ccc(CCC(=O)Nc2cc(C(F)(F)F)ccc2Cl)cc1. The van der Waals surface area contributed by atoms with Crippen LogP contribution in [0.1, 0.15) is 31.4 Å². The van der Waals surface area contributed by atoms with Gasteiger partial charge < -0.3 is 5.32 Å². The van der Waals surface area contributed by atoms with Gasteiger partial charge in [0, 0.05) is 13.0 Å². The number of hydrogen-bond donors (Lipinski definition) is 2. The number of carbonyl (C=O) groups is 1. The minimum absolute atomic E-state index is 0.000179. The summed E-state index contributed by atoms with van der Waals surface area (Å²) in [6.07, 6.45) is -4.28. The van der Waals surface area contributed by atoms with Crippen LogP contribution in [0, 0.1) is 5.92 Å². The molecule has 0 saturated heterocycles. The Morgan fingerprint density at radius 3 is 2.30 bits per heavy atom. The Kier molecular flexibility index (Phi) is 7.90. The average Bonchev–Trinajstić information content (AvgIpc) is 2.66. The van der Waals surface area contributed by atoms with Crippen LogP contribution in [-0.2, 0) is 27.4 Å². The first-order chi connectivity index (χ1) is 13.9. The number of nitrogens with one attached hydrogen (secondary N) is 2. The molecule has 0 aliphatic rings. The van der Waals surface area contributed by atoms with Gasteiger partial charge in [0.2, 0.25) is 15.9 Å². The number of rotatable bonds is 8. The fourth-order valence-corrected chi connectivity index (χ4v) is 3.84. The first kappa shape index (κ1) is 24.2. The van der Waals surface area contributed by atoms with Gasteiger partial charge in [-0.15, -0.1) is 0 Å². The van der Waals surface area contributed by atoms with E-state index in [0.717, 1.165) is 18.2 Å². The van der Waals surface area contributed by atoms with E-state index >= 15 is 0 Å². The lowest BCUT2D eigenvalue weighted by atomic mass is 10.1. The molecule has 0 bridgehead atoms. The standard InChI is InChI=1S/C20H22ClF3N2O3S/c1-13(2)12-25-30(28,29)16-7-3-14(4-8-16)5-10-19(27)26-18-11-15(20(22,23)24)6-9-17(18)21/h3-4,6-9,11,13,25H,5,10,12H2,1-2H3,(H,26,27). The van der Waals surface area contributed by atoms with Gasteiger partial charge in [0.15, 0.2) is 0 Å². The van der Waals surface area contributed by atoms with Crippen LogP contribution in [0.25, 0.3) is 0 Å². The van der Waals surface area contributed by atoms with Crippen molar-refractivity contribution in [3.8, 4) is 0 Å². The lowest BCUT2D eigenvalue weighted by Crippen LogP contribution is -2.27. The van der Waals surface area contributed by atoms with Crippen molar-refractivity contribution < 1.29 is 26.4 Å². The lowest BCUT2D eigenvalue weighted by Gasteiger charge is -2.12. The Morgan fingerprint density at radius 1 is 1.10 bits per heavy atom. The van der Waals surface area contributed by atoms with Crippen molar-refractivity contribution in [1.29, 1.82) is 0 Å². The Hall–Kier alpha value is -2.10. The molecule has 2 rings (SSSR count). The van der Waals surface area contributed by atoms with Crippen LogP contribution in [0.5, 0.6) is 0 Å². The molecule has 2 aromatic carbocycles. The monoisotopic (exact) mass is 462 g/mol. The van der Waals surface area contributed by atoms with E-state index in [1.54, 1.807) is 12.1 Å². The number of halogens is 4. The predicted octanol–water partition coefficient (Wildman–Crippen LogP) is 4.86. The Labute approximate surface area is 178 Å². The molecule has 0 aromatic heterocycles. The van der Waals surface area contributed by atoms with Crippen molar-refractivity contribution in [3.63, 3.8) is 0 Å². The van der Waals surface area contributed by atoms with Crippen molar-refractivity contribution in [1.82, 2.24) is 4.72 Å². The summed E-state index contributed by atoms with van der Waals surface area (Å²) in [5.41, 5.74) is -0.317. The molecule has 0 fully saturated rings. The van der Waals surface area contributed by atoms with Gasteiger partial charge in [-0.1, -0.05) is 37.6 Å². The molecule has 2 N–H and O–H groups in total. The second kappa shape index (κ2) is 9.80. The summed E-state index contributed by atoms with van der Waals surface area (Å²) in [6.45, 7) is 4.11. The minimum Gasteiger partial charge on any atom is -0.325 e. The molecular weight excluding hydrogens is 441 g/mol. The number of amides is 1. The number of carbonyl (C=O) groups excluding carboxylic acids is 1. The van der Waals surface area contributed by atoms with E-state index in [4.69, 9.17) is 11.6 Å². The Bertz CT molecular complexity index is 991. The maximum atomic E-state index is 12.8. The molecule has 0 spiro atoms. The van der Waals surface area contributed by atoms with Crippen molar-refractivity contribution >= 4 is 33.2 Å². The van der Waals surface area contributed by atoms with Crippen LogP contribution < -0.4 is 10.0 Å². The minimum atomic E-state index is -4.55. The molecule has 0 aliphatic heterocycles. The number of sulfonamides is 1. The summed E-state index contributed by atoms with van der Waals surface area (Å²) in [7, 11) is -3.60. The second-order valence-electron chi connectivity index (χ2n) is 7.13. The van der Waals surface area contributed by atoms with Crippen LogP contribution in [0.15, 0.2) is 47.4 Å². The third-order valence-electron chi connectivity index (χ3n) is 4.12. The maximum Gasteiger partial charge on any atom is 0.416 e. The highest BCUT2D eigenvalue weighted by Crippen LogP contribution is 2.33.